The van der Waals surface area contributed by atoms with Crippen LogP contribution in [0.15, 0.2) is 57.6 Å². The maximum absolute atomic E-state index is 14.0. The van der Waals surface area contributed by atoms with Crippen LogP contribution in [0.4, 0.5) is 14.6 Å². The van der Waals surface area contributed by atoms with E-state index in [0.717, 1.165) is 12.1 Å². The number of H-pyrrole nitrogens is 1. The van der Waals surface area contributed by atoms with E-state index in [1.54, 1.807) is 25.1 Å². The largest absolute Gasteiger partial charge is 0.493 e. The number of ether oxygens (including phenoxy) is 3. The molecule has 0 bridgehead atoms. The van der Waals surface area contributed by atoms with E-state index < -0.39 is 29.1 Å². The number of fused-ring (bicyclic) bond motifs is 1. The Kier molecular flexibility index (Phi) is 7.82. The molecule has 0 amide bonds. The van der Waals surface area contributed by atoms with Gasteiger partial charge in [0.2, 0.25) is 0 Å². The van der Waals surface area contributed by atoms with Crippen LogP contribution < -0.4 is 20.3 Å². The molecule has 8 nitrogen and oxygen atoms in total. The molecule has 1 aliphatic heterocycles. The number of halogens is 2. The van der Waals surface area contributed by atoms with Gasteiger partial charge in [-0.3, -0.25) is 4.79 Å². The second-order valence-electron chi connectivity index (χ2n) is 8.09. The molecule has 37 heavy (non-hydrogen) atoms. The molecule has 1 aromatic heterocycles. The minimum Gasteiger partial charge on any atom is -0.493 e. The topological polar surface area (TPSA) is 103 Å². The SMILES string of the molecule is CCSc1nc2c(c(=O)[nH]1)C(c1ccc(OCc3ccc(F)cc3F)c(OC)c1)C(C(=O)OC)=C(C)N2. The Morgan fingerprint density at radius 1 is 1.14 bits per heavy atom. The molecule has 2 aromatic carbocycles. The van der Waals surface area contributed by atoms with Gasteiger partial charge in [-0.1, -0.05) is 24.8 Å². The molecule has 0 spiro atoms. The Morgan fingerprint density at radius 2 is 1.92 bits per heavy atom. The zero-order chi connectivity index (χ0) is 26.7. The van der Waals surface area contributed by atoms with Crippen LogP contribution in [0.5, 0.6) is 11.5 Å². The highest BCUT2D eigenvalue weighted by Crippen LogP contribution is 2.42. The summed E-state index contributed by atoms with van der Waals surface area (Å²) in [7, 11) is 2.70. The van der Waals surface area contributed by atoms with Gasteiger partial charge < -0.3 is 24.5 Å². The number of anilines is 1. The number of carbonyl (C=O) groups is 1. The summed E-state index contributed by atoms with van der Waals surface area (Å²) >= 11 is 1.39. The molecule has 0 saturated heterocycles. The fraction of sp³-hybridized carbons (Fsp3) is 0.269. The average molecular weight is 530 g/mol. The third kappa shape index (κ3) is 5.31. The lowest BCUT2D eigenvalue weighted by Gasteiger charge is -2.29. The Morgan fingerprint density at radius 3 is 2.59 bits per heavy atom. The lowest BCUT2D eigenvalue weighted by atomic mass is 9.82. The van der Waals surface area contributed by atoms with Crippen molar-refractivity contribution in [3.63, 3.8) is 0 Å². The van der Waals surface area contributed by atoms with Gasteiger partial charge in [0.15, 0.2) is 16.7 Å². The molecule has 0 saturated carbocycles. The molecule has 0 fully saturated rings. The fourth-order valence-corrected chi connectivity index (χ4v) is 4.72. The number of esters is 1. The standard InChI is InChI=1S/C26H25F2N3O5S/c1-5-37-26-30-23-22(24(32)31-26)21(20(13(2)29-23)25(33)35-4)14-7-9-18(19(10-14)34-3)36-12-15-6-8-16(27)11-17(15)28/h6-11,21H,5,12H2,1-4H3,(H2,29,30,31,32). The molecule has 2 heterocycles. The first kappa shape index (κ1) is 26.2. The number of rotatable bonds is 8. The van der Waals surface area contributed by atoms with Crippen LogP contribution in [0.25, 0.3) is 0 Å². The van der Waals surface area contributed by atoms with E-state index >= 15 is 0 Å². The zero-order valence-corrected chi connectivity index (χ0v) is 21.4. The predicted octanol–water partition coefficient (Wildman–Crippen LogP) is 4.75. The summed E-state index contributed by atoms with van der Waals surface area (Å²) in [5.41, 5.74) is 1.35. The van der Waals surface area contributed by atoms with Crippen molar-refractivity contribution < 1.29 is 27.8 Å². The van der Waals surface area contributed by atoms with Crippen molar-refractivity contribution in [1.82, 2.24) is 9.97 Å². The van der Waals surface area contributed by atoms with Crippen LogP contribution in [0, 0.1) is 11.6 Å². The van der Waals surface area contributed by atoms with E-state index in [9.17, 15) is 18.4 Å². The van der Waals surface area contributed by atoms with Crippen LogP contribution >= 0.6 is 11.8 Å². The third-order valence-electron chi connectivity index (χ3n) is 5.83. The highest BCUT2D eigenvalue weighted by molar-refractivity contribution is 7.99. The number of benzene rings is 2. The van der Waals surface area contributed by atoms with Gasteiger partial charge in [0.25, 0.3) is 5.56 Å². The summed E-state index contributed by atoms with van der Waals surface area (Å²) < 4.78 is 43.5. The first-order valence-electron chi connectivity index (χ1n) is 11.3. The molecular weight excluding hydrogens is 504 g/mol. The number of hydrogen-bond donors (Lipinski definition) is 2. The van der Waals surface area contributed by atoms with Gasteiger partial charge >= 0.3 is 5.97 Å². The number of hydrogen-bond acceptors (Lipinski definition) is 8. The van der Waals surface area contributed by atoms with Gasteiger partial charge in [0, 0.05) is 17.3 Å². The third-order valence-corrected chi connectivity index (χ3v) is 6.58. The Hall–Kier alpha value is -3.86. The molecule has 11 heteroatoms. The number of methoxy groups -OCH3 is 2. The molecular formula is C26H25F2N3O5S. The molecule has 194 valence electrons. The van der Waals surface area contributed by atoms with Crippen LogP contribution in [0.2, 0.25) is 0 Å². The summed E-state index contributed by atoms with van der Waals surface area (Å²) in [4.78, 5) is 33.3. The second-order valence-corrected chi connectivity index (χ2v) is 9.34. The van der Waals surface area contributed by atoms with Crippen molar-refractivity contribution in [1.29, 1.82) is 0 Å². The highest BCUT2D eigenvalue weighted by Gasteiger charge is 2.36. The quantitative estimate of drug-likeness (QED) is 0.245. The average Bonchev–Trinajstić information content (AvgIpc) is 2.87. The number of carbonyl (C=O) groups excluding carboxylic acids is 1. The highest BCUT2D eigenvalue weighted by atomic mass is 32.2. The van der Waals surface area contributed by atoms with Gasteiger partial charge in [0.1, 0.15) is 24.1 Å². The van der Waals surface area contributed by atoms with Crippen molar-refractivity contribution in [3.8, 4) is 11.5 Å². The normalized spacial score (nSPS) is 14.6. The smallest absolute Gasteiger partial charge is 0.336 e. The fourth-order valence-electron chi connectivity index (χ4n) is 4.13. The molecule has 0 radical (unpaired) electrons. The van der Waals surface area contributed by atoms with Gasteiger partial charge in [0.05, 0.1) is 31.3 Å². The maximum atomic E-state index is 14.0. The van der Waals surface area contributed by atoms with Crippen LogP contribution in [0.1, 0.15) is 36.5 Å². The second kappa shape index (κ2) is 11.0. The maximum Gasteiger partial charge on any atom is 0.336 e. The van der Waals surface area contributed by atoms with E-state index in [1.807, 2.05) is 6.92 Å². The van der Waals surface area contributed by atoms with Gasteiger partial charge in [-0.15, -0.1) is 0 Å². The molecule has 4 rings (SSSR count). The van der Waals surface area contributed by atoms with Crippen molar-refractivity contribution >= 4 is 23.5 Å². The van der Waals surface area contributed by atoms with Crippen molar-refractivity contribution in [2.75, 3.05) is 25.3 Å². The van der Waals surface area contributed by atoms with Crippen LogP contribution in [0.3, 0.4) is 0 Å². The Bertz CT molecular complexity index is 1440. The number of aromatic nitrogens is 2. The predicted molar refractivity (Wildman–Crippen MR) is 135 cm³/mol. The first-order chi connectivity index (χ1) is 17.8. The first-order valence-corrected chi connectivity index (χ1v) is 12.3. The molecule has 2 N–H and O–H groups in total. The number of aromatic amines is 1. The van der Waals surface area contributed by atoms with Crippen molar-refractivity contribution in [3.05, 3.63) is 86.3 Å². The number of allylic oxidation sites excluding steroid dienone is 1. The van der Waals surface area contributed by atoms with E-state index in [4.69, 9.17) is 14.2 Å². The van der Waals surface area contributed by atoms with Crippen molar-refractivity contribution in [2.24, 2.45) is 0 Å². The minimum atomic E-state index is -0.807. The summed E-state index contributed by atoms with van der Waals surface area (Å²) in [6, 6.07) is 8.16. The molecule has 0 aliphatic carbocycles. The summed E-state index contributed by atoms with van der Waals surface area (Å²) in [5, 5.41) is 3.53. The van der Waals surface area contributed by atoms with E-state index in [-0.39, 0.29) is 23.3 Å². The zero-order valence-electron chi connectivity index (χ0n) is 20.6. The summed E-state index contributed by atoms with van der Waals surface area (Å²) in [6.45, 7) is 3.50. The molecule has 3 aromatic rings. The lowest BCUT2D eigenvalue weighted by Crippen LogP contribution is -2.31. The van der Waals surface area contributed by atoms with Crippen LogP contribution in [-0.2, 0) is 16.1 Å². The molecule has 1 aliphatic rings. The number of nitrogens with zero attached hydrogens (tertiary/aromatic N) is 1. The molecule has 1 atom stereocenters. The number of nitrogens with one attached hydrogen (secondary N) is 2. The van der Waals surface area contributed by atoms with E-state index in [1.165, 1.54) is 32.0 Å². The van der Waals surface area contributed by atoms with Gasteiger partial charge in [-0.25, -0.2) is 18.6 Å². The number of thioether (sulfide) groups is 1. The summed E-state index contributed by atoms with van der Waals surface area (Å²) in [6.07, 6.45) is 0. The Balaban J connectivity index is 1.76. The van der Waals surface area contributed by atoms with Gasteiger partial charge in [-0.2, -0.15) is 0 Å². The van der Waals surface area contributed by atoms with E-state index in [0.29, 0.717) is 39.5 Å². The van der Waals surface area contributed by atoms with Crippen LogP contribution in [-0.4, -0.2) is 35.9 Å². The van der Waals surface area contributed by atoms with E-state index in [2.05, 4.69) is 15.3 Å². The summed E-state index contributed by atoms with van der Waals surface area (Å²) in [5.74, 6) is -1.15. The van der Waals surface area contributed by atoms with Gasteiger partial charge in [-0.05, 0) is 42.5 Å². The Labute approximate surface area is 216 Å². The lowest BCUT2D eigenvalue weighted by molar-refractivity contribution is -0.136. The minimum absolute atomic E-state index is 0.161. The van der Waals surface area contributed by atoms with Crippen molar-refractivity contribution in [2.45, 2.75) is 31.5 Å². The molecule has 1 unspecified atom stereocenters. The monoisotopic (exact) mass is 529 g/mol.